The van der Waals surface area contributed by atoms with Gasteiger partial charge in [-0.25, -0.2) is 4.98 Å². The Hall–Kier alpha value is -2.57. The third-order valence-electron chi connectivity index (χ3n) is 3.41. The molecule has 0 unspecified atom stereocenters. The van der Waals surface area contributed by atoms with Crippen LogP contribution < -0.4 is 10.6 Å². The number of rotatable bonds is 5. The molecular weight excluding hydrogens is 373 g/mol. The van der Waals surface area contributed by atoms with Crippen LogP contribution in [0.25, 0.3) is 11.3 Å². The maximum atomic E-state index is 9.70. The first kappa shape index (κ1) is 18.2. The number of halogens is 2. The van der Waals surface area contributed by atoms with Crippen molar-refractivity contribution in [1.29, 1.82) is 0 Å². The van der Waals surface area contributed by atoms with E-state index in [1.165, 1.54) is 0 Å². The van der Waals surface area contributed by atoms with Crippen LogP contribution in [0, 0.1) is 0 Å². The number of phenols is 1. The highest BCUT2D eigenvalue weighted by Crippen LogP contribution is 2.35. The summed E-state index contributed by atoms with van der Waals surface area (Å²) in [4.78, 5) is 13.1. The van der Waals surface area contributed by atoms with E-state index < -0.39 is 0 Å². The van der Waals surface area contributed by atoms with Crippen molar-refractivity contribution in [2.24, 2.45) is 0 Å². The minimum atomic E-state index is -0.152. The van der Waals surface area contributed by atoms with Gasteiger partial charge in [0.2, 0.25) is 5.95 Å². The van der Waals surface area contributed by atoms with E-state index in [9.17, 15) is 5.11 Å². The molecule has 3 N–H and O–H groups in total. The fourth-order valence-corrected chi connectivity index (χ4v) is 2.78. The Morgan fingerprint density at radius 1 is 1.00 bits per heavy atom. The van der Waals surface area contributed by atoms with Crippen LogP contribution in [-0.2, 0) is 0 Å². The Bertz CT molecular complexity index is 896. The highest BCUT2D eigenvalue weighted by Gasteiger charge is 2.11. The molecule has 2 aromatic heterocycles. The number of nitrogens with zero attached hydrogens (tertiary/aromatic N) is 3. The summed E-state index contributed by atoms with van der Waals surface area (Å²) < 4.78 is 0. The van der Waals surface area contributed by atoms with Crippen LogP contribution in [0.3, 0.4) is 0 Å². The molecule has 8 heteroatoms. The molecule has 2 heterocycles. The van der Waals surface area contributed by atoms with Crippen LogP contribution in [0.1, 0.15) is 13.8 Å². The van der Waals surface area contributed by atoms with Gasteiger partial charge in [0.25, 0.3) is 0 Å². The average Bonchev–Trinajstić information content (AvgIpc) is 2.59. The van der Waals surface area contributed by atoms with Crippen molar-refractivity contribution in [3.05, 3.63) is 52.8 Å². The number of hydrogen-bond donors (Lipinski definition) is 3. The largest absolute Gasteiger partial charge is 0.505 e. The fraction of sp³-hybridized carbons (Fsp3) is 0.167. The predicted molar refractivity (Wildman–Crippen MR) is 105 cm³/mol. The second-order valence-corrected chi connectivity index (χ2v) is 6.72. The molecule has 0 spiro atoms. The molecule has 3 aromatic rings. The lowest BCUT2D eigenvalue weighted by atomic mass is 10.2. The molecule has 0 fully saturated rings. The molecule has 0 amide bonds. The van der Waals surface area contributed by atoms with Gasteiger partial charge in [0.05, 0.1) is 15.7 Å². The van der Waals surface area contributed by atoms with E-state index in [0.717, 1.165) is 11.3 Å². The Labute approximate surface area is 161 Å². The van der Waals surface area contributed by atoms with E-state index in [0.29, 0.717) is 17.5 Å². The molecule has 134 valence electrons. The zero-order chi connectivity index (χ0) is 18.7. The first-order valence-electron chi connectivity index (χ1n) is 7.93. The number of aromatic hydroxyl groups is 1. The zero-order valence-electron chi connectivity index (χ0n) is 14.2. The number of aromatic nitrogens is 3. The van der Waals surface area contributed by atoms with Crippen LogP contribution in [0.15, 0.2) is 42.7 Å². The molecule has 0 saturated heterocycles. The van der Waals surface area contributed by atoms with E-state index >= 15 is 0 Å². The van der Waals surface area contributed by atoms with E-state index in [1.807, 2.05) is 32.0 Å². The second kappa shape index (κ2) is 7.76. The van der Waals surface area contributed by atoms with Crippen LogP contribution in [0.5, 0.6) is 5.75 Å². The smallest absolute Gasteiger partial charge is 0.225 e. The van der Waals surface area contributed by atoms with Gasteiger partial charge in [-0.3, -0.25) is 4.98 Å². The average molecular weight is 390 g/mol. The van der Waals surface area contributed by atoms with E-state index in [1.54, 1.807) is 24.5 Å². The maximum Gasteiger partial charge on any atom is 0.225 e. The predicted octanol–water partition coefficient (Wildman–Crippen LogP) is 5.11. The molecule has 0 aliphatic rings. The van der Waals surface area contributed by atoms with E-state index in [-0.39, 0.29) is 21.8 Å². The summed E-state index contributed by atoms with van der Waals surface area (Å²) in [7, 11) is 0. The van der Waals surface area contributed by atoms with E-state index in [2.05, 4.69) is 25.6 Å². The quantitative estimate of drug-likeness (QED) is 0.525. The van der Waals surface area contributed by atoms with Gasteiger partial charge in [-0.05, 0) is 38.1 Å². The molecule has 0 aliphatic heterocycles. The Balaban J connectivity index is 2.00. The SMILES string of the molecule is CC(C)Nc1nc(Nc2cc(Cl)c(O)c(Cl)c2)cc(-c2ccncc2)n1. The molecule has 26 heavy (non-hydrogen) atoms. The zero-order valence-corrected chi connectivity index (χ0v) is 15.7. The van der Waals surface area contributed by atoms with Crippen molar-refractivity contribution < 1.29 is 5.11 Å². The number of nitrogens with one attached hydrogen (secondary N) is 2. The monoisotopic (exact) mass is 389 g/mol. The lowest BCUT2D eigenvalue weighted by molar-refractivity contribution is 0.476. The van der Waals surface area contributed by atoms with Gasteiger partial charge < -0.3 is 15.7 Å². The summed E-state index contributed by atoms with van der Waals surface area (Å²) in [5.74, 6) is 0.904. The highest BCUT2D eigenvalue weighted by atomic mass is 35.5. The van der Waals surface area contributed by atoms with Crippen molar-refractivity contribution in [3.8, 4) is 17.0 Å². The summed E-state index contributed by atoms with van der Waals surface area (Å²) in [5, 5.41) is 16.4. The number of phenolic OH excluding ortho intramolecular Hbond substituents is 1. The van der Waals surface area contributed by atoms with Crippen molar-refractivity contribution >= 4 is 40.7 Å². The third-order valence-corrected chi connectivity index (χ3v) is 3.99. The molecule has 3 rings (SSSR count). The van der Waals surface area contributed by atoms with Crippen LogP contribution >= 0.6 is 23.2 Å². The normalized spacial score (nSPS) is 10.8. The van der Waals surface area contributed by atoms with Gasteiger partial charge in [-0.1, -0.05) is 23.2 Å². The van der Waals surface area contributed by atoms with Crippen molar-refractivity contribution in [1.82, 2.24) is 15.0 Å². The lowest BCUT2D eigenvalue weighted by Crippen LogP contribution is -2.13. The summed E-state index contributed by atoms with van der Waals surface area (Å²) >= 11 is 12.0. The standard InChI is InChI=1S/C18H17Cl2N5O/c1-10(2)22-18-24-15(11-3-5-21-6-4-11)9-16(25-18)23-12-7-13(19)17(26)14(20)8-12/h3-10,26H,1-2H3,(H2,22,23,24,25). The molecule has 1 aromatic carbocycles. The summed E-state index contributed by atoms with van der Waals surface area (Å²) in [6.07, 6.45) is 3.42. The minimum Gasteiger partial charge on any atom is -0.505 e. The van der Waals surface area contributed by atoms with Gasteiger partial charge in [0.1, 0.15) is 5.82 Å². The van der Waals surface area contributed by atoms with Crippen molar-refractivity contribution in [2.45, 2.75) is 19.9 Å². The Kier molecular flexibility index (Phi) is 5.44. The van der Waals surface area contributed by atoms with Crippen LogP contribution in [0.4, 0.5) is 17.5 Å². The van der Waals surface area contributed by atoms with Crippen LogP contribution in [-0.4, -0.2) is 26.1 Å². The second-order valence-electron chi connectivity index (χ2n) is 5.91. The summed E-state index contributed by atoms with van der Waals surface area (Å²) in [6.45, 7) is 4.02. The molecule has 0 radical (unpaired) electrons. The summed E-state index contributed by atoms with van der Waals surface area (Å²) in [5.41, 5.74) is 2.26. The molecule has 0 saturated carbocycles. The Morgan fingerprint density at radius 3 is 2.27 bits per heavy atom. The number of hydrogen-bond acceptors (Lipinski definition) is 6. The first-order valence-corrected chi connectivity index (χ1v) is 8.69. The molecular formula is C18H17Cl2N5O. The lowest BCUT2D eigenvalue weighted by Gasteiger charge is -2.13. The van der Waals surface area contributed by atoms with Crippen molar-refractivity contribution in [2.75, 3.05) is 10.6 Å². The molecule has 6 nitrogen and oxygen atoms in total. The number of anilines is 3. The Morgan fingerprint density at radius 2 is 1.65 bits per heavy atom. The molecule has 0 bridgehead atoms. The number of pyridine rings is 1. The molecule has 0 atom stereocenters. The highest BCUT2D eigenvalue weighted by molar-refractivity contribution is 6.37. The maximum absolute atomic E-state index is 9.70. The minimum absolute atomic E-state index is 0.152. The van der Waals surface area contributed by atoms with Gasteiger partial charge in [0.15, 0.2) is 5.75 Å². The first-order chi connectivity index (χ1) is 12.4. The van der Waals surface area contributed by atoms with E-state index in [4.69, 9.17) is 23.2 Å². The summed E-state index contributed by atoms with van der Waals surface area (Å²) in [6, 6.07) is 8.89. The van der Waals surface area contributed by atoms with Crippen LogP contribution in [0.2, 0.25) is 10.0 Å². The van der Waals surface area contributed by atoms with Gasteiger partial charge in [0, 0.05) is 35.8 Å². The van der Waals surface area contributed by atoms with Gasteiger partial charge >= 0.3 is 0 Å². The number of benzene rings is 1. The van der Waals surface area contributed by atoms with Crippen molar-refractivity contribution in [3.63, 3.8) is 0 Å². The van der Waals surface area contributed by atoms with Gasteiger partial charge in [-0.15, -0.1) is 0 Å². The third kappa shape index (κ3) is 4.33. The fourth-order valence-electron chi connectivity index (χ4n) is 2.29. The topological polar surface area (TPSA) is 83.0 Å². The van der Waals surface area contributed by atoms with Gasteiger partial charge in [-0.2, -0.15) is 4.98 Å². The molecule has 0 aliphatic carbocycles.